The van der Waals surface area contributed by atoms with E-state index in [0.29, 0.717) is 18.8 Å². The molecule has 0 aliphatic rings. The average molecular weight is 406 g/mol. The maximum atomic E-state index is 12.5. The van der Waals surface area contributed by atoms with Crippen LogP contribution in [0.1, 0.15) is 71.0 Å². The lowest BCUT2D eigenvalue weighted by Crippen LogP contribution is -2.47. The second-order valence-corrected chi connectivity index (χ2v) is 7.00. The third kappa shape index (κ3) is 11.8. The molecule has 0 spiro atoms. The van der Waals surface area contributed by atoms with E-state index in [1.54, 1.807) is 12.1 Å². The largest absolute Gasteiger partial charge is 0.465 e. The summed E-state index contributed by atoms with van der Waals surface area (Å²) in [6.45, 7) is 5.40. The van der Waals surface area contributed by atoms with Gasteiger partial charge >= 0.3 is 0 Å². The molecule has 3 N–H and O–H groups in total. The van der Waals surface area contributed by atoms with E-state index < -0.39 is 11.9 Å². The van der Waals surface area contributed by atoms with Gasteiger partial charge in [0.15, 0.2) is 0 Å². The lowest BCUT2D eigenvalue weighted by Gasteiger charge is -2.17. The quantitative estimate of drug-likeness (QED) is 0.308. The van der Waals surface area contributed by atoms with Crippen LogP contribution in [0, 0.1) is 0 Å². The minimum Gasteiger partial charge on any atom is -0.465 e. The first-order valence-electron chi connectivity index (χ1n) is 10.6. The van der Waals surface area contributed by atoms with Gasteiger partial charge in [0.05, 0.1) is 6.26 Å². The van der Waals surface area contributed by atoms with Crippen molar-refractivity contribution in [3.63, 3.8) is 0 Å². The molecule has 162 valence electrons. The summed E-state index contributed by atoms with van der Waals surface area (Å²) in [5, 5.41) is 8.40. The number of carbonyl (C=O) groups excluding carboxylic acids is 3. The van der Waals surface area contributed by atoms with Gasteiger partial charge in [-0.3, -0.25) is 14.4 Å². The number of unbranched alkanes of at least 4 members (excludes halogenated alkanes) is 4. The summed E-state index contributed by atoms with van der Waals surface area (Å²) in [4.78, 5) is 36.7. The zero-order valence-electron chi connectivity index (χ0n) is 17.7. The number of hydrogen-bond acceptors (Lipinski definition) is 4. The molecule has 7 nitrogen and oxygen atoms in total. The minimum atomic E-state index is -0.758. The number of rotatable bonds is 15. The predicted octanol–water partition coefficient (Wildman–Crippen LogP) is 3.17. The van der Waals surface area contributed by atoms with E-state index in [-0.39, 0.29) is 24.7 Å². The van der Waals surface area contributed by atoms with E-state index in [4.69, 9.17) is 4.42 Å². The molecule has 1 heterocycles. The van der Waals surface area contributed by atoms with Crippen LogP contribution >= 0.6 is 0 Å². The van der Waals surface area contributed by atoms with Crippen molar-refractivity contribution < 1.29 is 18.8 Å². The van der Waals surface area contributed by atoms with E-state index in [1.807, 2.05) is 0 Å². The van der Waals surface area contributed by atoms with Gasteiger partial charge in [0.25, 0.3) is 0 Å². The van der Waals surface area contributed by atoms with Gasteiger partial charge in [-0.2, -0.15) is 0 Å². The monoisotopic (exact) mass is 405 g/mol. The van der Waals surface area contributed by atoms with E-state index >= 15 is 0 Å². The summed E-state index contributed by atoms with van der Waals surface area (Å²) in [5.41, 5.74) is 0. The van der Waals surface area contributed by atoms with Gasteiger partial charge in [-0.25, -0.2) is 0 Å². The lowest BCUT2D eigenvalue weighted by atomic mass is 10.1. The van der Waals surface area contributed by atoms with Crippen molar-refractivity contribution in [1.29, 1.82) is 0 Å². The van der Waals surface area contributed by atoms with Gasteiger partial charge in [0, 0.05) is 25.6 Å². The van der Waals surface area contributed by atoms with E-state index in [9.17, 15) is 14.4 Å². The summed E-state index contributed by atoms with van der Waals surface area (Å²) in [5.74, 6) is -0.226. The molecule has 29 heavy (non-hydrogen) atoms. The Hall–Kier alpha value is -2.57. The highest BCUT2D eigenvalue weighted by molar-refractivity contribution is 5.95. The first-order valence-corrected chi connectivity index (χ1v) is 10.6. The molecule has 1 unspecified atom stereocenters. The molecule has 0 aliphatic carbocycles. The first-order chi connectivity index (χ1) is 14.1. The molecule has 1 rings (SSSR count). The maximum absolute atomic E-state index is 12.5. The van der Waals surface area contributed by atoms with Crippen LogP contribution in [0.3, 0.4) is 0 Å². The third-order valence-electron chi connectivity index (χ3n) is 4.42. The van der Waals surface area contributed by atoms with Crippen LogP contribution < -0.4 is 16.0 Å². The van der Waals surface area contributed by atoms with Crippen LogP contribution in [0.2, 0.25) is 0 Å². The van der Waals surface area contributed by atoms with Crippen molar-refractivity contribution in [1.82, 2.24) is 16.0 Å². The van der Waals surface area contributed by atoms with Crippen LogP contribution in [0.15, 0.2) is 28.9 Å². The van der Waals surface area contributed by atoms with Gasteiger partial charge < -0.3 is 20.4 Å². The Morgan fingerprint density at radius 2 is 1.72 bits per heavy atom. The molecule has 0 aliphatic heterocycles. The topological polar surface area (TPSA) is 100 Å². The highest BCUT2D eigenvalue weighted by atomic mass is 16.3. The minimum absolute atomic E-state index is 0.106. The summed E-state index contributed by atoms with van der Waals surface area (Å²) in [7, 11) is 0. The number of nitrogens with one attached hydrogen (secondary N) is 3. The van der Waals surface area contributed by atoms with Crippen molar-refractivity contribution in [2.45, 2.75) is 71.3 Å². The van der Waals surface area contributed by atoms with Crippen LogP contribution in [-0.2, 0) is 14.4 Å². The summed E-state index contributed by atoms with van der Waals surface area (Å²) < 4.78 is 5.15. The van der Waals surface area contributed by atoms with E-state index in [0.717, 1.165) is 38.5 Å². The Kier molecular flexibility index (Phi) is 13.0. The highest BCUT2D eigenvalue weighted by Gasteiger charge is 2.20. The first kappa shape index (κ1) is 24.5. The Bertz CT molecular complexity index is 626. The Balaban J connectivity index is 2.54. The molecule has 0 fully saturated rings. The smallest absolute Gasteiger partial charge is 0.244 e. The summed E-state index contributed by atoms with van der Waals surface area (Å²) >= 11 is 0. The fourth-order valence-electron chi connectivity index (χ4n) is 2.71. The van der Waals surface area contributed by atoms with Crippen LogP contribution in [-0.4, -0.2) is 36.9 Å². The second-order valence-electron chi connectivity index (χ2n) is 7.00. The molecule has 0 bridgehead atoms. The van der Waals surface area contributed by atoms with E-state index in [1.165, 1.54) is 18.4 Å². The van der Waals surface area contributed by atoms with Gasteiger partial charge in [0.1, 0.15) is 11.8 Å². The molecule has 0 aromatic carbocycles. The number of furan rings is 1. The number of carbonyl (C=O) groups is 3. The number of amides is 3. The molecular weight excluding hydrogens is 370 g/mol. The maximum Gasteiger partial charge on any atom is 0.244 e. The van der Waals surface area contributed by atoms with Gasteiger partial charge in [-0.05, 0) is 37.5 Å². The molecular formula is C22H35N3O4. The van der Waals surface area contributed by atoms with Crippen molar-refractivity contribution >= 4 is 23.8 Å². The number of hydrogen-bond donors (Lipinski definition) is 3. The molecule has 0 radical (unpaired) electrons. The molecule has 7 heteroatoms. The van der Waals surface area contributed by atoms with Gasteiger partial charge in [-0.1, -0.05) is 39.5 Å². The molecule has 0 saturated heterocycles. The van der Waals surface area contributed by atoms with Crippen molar-refractivity contribution in [2.75, 3.05) is 13.1 Å². The van der Waals surface area contributed by atoms with Gasteiger partial charge in [-0.15, -0.1) is 0 Å². The zero-order chi connectivity index (χ0) is 21.3. The second kappa shape index (κ2) is 15.4. The molecule has 0 saturated carbocycles. The lowest BCUT2D eigenvalue weighted by molar-refractivity contribution is -0.128. The Morgan fingerprint density at radius 3 is 2.34 bits per heavy atom. The zero-order valence-corrected chi connectivity index (χ0v) is 17.7. The normalized spacial score (nSPS) is 11.9. The molecule has 1 aromatic heterocycles. The summed E-state index contributed by atoms with van der Waals surface area (Å²) in [6.07, 6.45) is 10.9. The van der Waals surface area contributed by atoms with Crippen LogP contribution in [0.5, 0.6) is 0 Å². The standard InChI is InChI=1S/C22H35N3O4/c1-3-5-7-15-23-20(26)14-12-19(22(28)24-16-8-6-4-2)25-21(27)13-11-18-10-9-17-29-18/h9-11,13,17,19H,3-8,12,14-16H2,1-2H3,(H,23,26)(H,24,28)(H,25,27)/b13-11+. The predicted molar refractivity (Wildman–Crippen MR) is 114 cm³/mol. The van der Waals surface area contributed by atoms with E-state index in [2.05, 4.69) is 29.8 Å². The fourth-order valence-corrected chi connectivity index (χ4v) is 2.71. The fraction of sp³-hybridized carbons (Fsp3) is 0.591. The van der Waals surface area contributed by atoms with Crippen molar-refractivity contribution in [3.05, 3.63) is 30.2 Å². The van der Waals surface area contributed by atoms with Crippen LogP contribution in [0.4, 0.5) is 0 Å². The SMILES string of the molecule is CCCCCNC(=O)CCC(NC(=O)/C=C/c1ccco1)C(=O)NCCCCC. The molecule has 1 aromatic rings. The molecule has 3 amide bonds. The Morgan fingerprint density at radius 1 is 1.03 bits per heavy atom. The van der Waals surface area contributed by atoms with Crippen molar-refractivity contribution in [3.8, 4) is 0 Å². The summed E-state index contributed by atoms with van der Waals surface area (Å²) in [6, 6.07) is 2.69. The van der Waals surface area contributed by atoms with Crippen LogP contribution in [0.25, 0.3) is 6.08 Å². The third-order valence-corrected chi connectivity index (χ3v) is 4.42. The van der Waals surface area contributed by atoms with Gasteiger partial charge in [0.2, 0.25) is 17.7 Å². The average Bonchev–Trinajstić information content (AvgIpc) is 3.23. The highest BCUT2D eigenvalue weighted by Crippen LogP contribution is 2.04. The van der Waals surface area contributed by atoms with Crippen molar-refractivity contribution in [2.24, 2.45) is 0 Å². The molecule has 1 atom stereocenters. The Labute approximate surface area is 173 Å².